The Labute approximate surface area is 151 Å². The smallest absolute Gasteiger partial charge is 0.220 e. The molecular weight excluding hydrogens is 312 g/mol. The largest absolute Gasteiger partial charge is 0.356 e. The lowest BCUT2D eigenvalue weighted by atomic mass is 9.92. The van der Waals surface area contributed by atoms with Crippen molar-refractivity contribution in [1.82, 2.24) is 14.9 Å². The van der Waals surface area contributed by atoms with E-state index in [0.717, 1.165) is 36.5 Å². The molecule has 1 amide bonds. The Bertz CT molecular complexity index is 697. The van der Waals surface area contributed by atoms with Crippen LogP contribution in [0.15, 0.2) is 24.3 Å². The Morgan fingerprint density at radius 3 is 2.60 bits per heavy atom. The highest BCUT2D eigenvalue weighted by atomic mass is 16.1. The molecule has 1 heterocycles. The molecule has 2 N–H and O–H groups in total. The van der Waals surface area contributed by atoms with Crippen LogP contribution in [0.4, 0.5) is 5.95 Å². The van der Waals surface area contributed by atoms with E-state index in [1.54, 1.807) is 0 Å². The number of hydrogen-bond donors (Lipinski definition) is 2. The van der Waals surface area contributed by atoms with E-state index in [1.165, 1.54) is 0 Å². The molecule has 25 heavy (non-hydrogen) atoms. The molecule has 138 valence electrons. The molecule has 0 spiro atoms. The van der Waals surface area contributed by atoms with Gasteiger partial charge in [-0.3, -0.25) is 4.79 Å². The van der Waals surface area contributed by atoms with Crippen LogP contribution in [0.3, 0.4) is 0 Å². The number of anilines is 1. The first-order valence-electron chi connectivity index (χ1n) is 9.22. The number of aromatic nitrogens is 2. The van der Waals surface area contributed by atoms with Gasteiger partial charge in [-0.15, -0.1) is 0 Å². The first-order valence-corrected chi connectivity index (χ1v) is 9.22. The highest BCUT2D eigenvalue weighted by Crippen LogP contribution is 2.21. The van der Waals surface area contributed by atoms with Gasteiger partial charge in [0.25, 0.3) is 0 Å². The van der Waals surface area contributed by atoms with Gasteiger partial charge in [0.15, 0.2) is 0 Å². The summed E-state index contributed by atoms with van der Waals surface area (Å²) in [6.07, 6.45) is 1.44. The molecule has 2 rings (SSSR count). The van der Waals surface area contributed by atoms with Gasteiger partial charge < -0.3 is 15.2 Å². The summed E-state index contributed by atoms with van der Waals surface area (Å²) in [5, 5.41) is 6.42. The van der Waals surface area contributed by atoms with Gasteiger partial charge in [-0.2, -0.15) is 0 Å². The lowest BCUT2D eigenvalue weighted by Gasteiger charge is -2.17. The molecule has 0 aliphatic carbocycles. The van der Waals surface area contributed by atoms with Crippen molar-refractivity contribution in [2.24, 2.45) is 11.3 Å². The zero-order valence-electron chi connectivity index (χ0n) is 16.2. The van der Waals surface area contributed by atoms with Crippen LogP contribution >= 0.6 is 0 Å². The second-order valence-electron chi connectivity index (χ2n) is 8.30. The summed E-state index contributed by atoms with van der Waals surface area (Å²) in [5.41, 5.74) is 2.21. The van der Waals surface area contributed by atoms with Crippen LogP contribution in [0, 0.1) is 11.3 Å². The minimum Gasteiger partial charge on any atom is -0.356 e. The Hall–Kier alpha value is -2.04. The SMILES string of the molecule is CC(C)Cn1c(NCCCNC(=O)CC(C)(C)C)nc2ccccc21. The summed E-state index contributed by atoms with van der Waals surface area (Å²) in [6.45, 7) is 13.1. The van der Waals surface area contributed by atoms with Crippen LogP contribution in [0.2, 0.25) is 0 Å². The van der Waals surface area contributed by atoms with Crippen molar-refractivity contribution in [1.29, 1.82) is 0 Å². The summed E-state index contributed by atoms with van der Waals surface area (Å²) in [7, 11) is 0. The third-order valence-electron chi connectivity index (χ3n) is 3.85. The van der Waals surface area contributed by atoms with E-state index in [1.807, 2.05) is 12.1 Å². The van der Waals surface area contributed by atoms with E-state index in [-0.39, 0.29) is 11.3 Å². The van der Waals surface area contributed by atoms with Crippen molar-refractivity contribution < 1.29 is 4.79 Å². The fraction of sp³-hybridized carbons (Fsp3) is 0.600. The fourth-order valence-electron chi connectivity index (χ4n) is 2.82. The molecule has 5 heteroatoms. The topological polar surface area (TPSA) is 59.0 Å². The molecule has 1 aromatic carbocycles. The zero-order valence-corrected chi connectivity index (χ0v) is 16.2. The van der Waals surface area contributed by atoms with Crippen LogP contribution in [0.25, 0.3) is 11.0 Å². The normalized spacial score (nSPS) is 11.9. The zero-order chi connectivity index (χ0) is 18.4. The fourth-order valence-corrected chi connectivity index (χ4v) is 2.82. The summed E-state index contributed by atoms with van der Waals surface area (Å²) < 4.78 is 2.25. The average molecular weight is 345 g/mol. The maximum atomic E-state index is 11.8. The highest BCUT2D eigenvalue weighted by Gasteiger charge is 2.15. The van der Waals surface area contributed by atoms with E-state index in [4.69, 9.17) is 4.98 Å². The molecule has 0 fully saturated rings. The Kier molecular flexibility index (Phi) is 6.45. The number of carbonyl (C=O) groups excluding carboxylic acids is 1. The maximum absolute atomic E-state index is 11.8. The predicted molar refractivity (Wildman–Crippen MR) is 105 cm³/mol. The van der Waals surface area contributed by atoms with Crippen molar-refractivity contribution >= 4 is 22.9 Å². The van der Waals surface area contributed by atoms with Crippen LogP contribution in [0.5, 0.6) is 0 Å². The molecule has 0 atom stereocenters. The third-order valence-corrected chi connectivity index (χ3v) is 3.85. The summed E-state index contributed by atoms with van der Waals surface area (Å²) in [4.78, 5) is 16.5. The summed E-state index contributed by atoms with van der Waals surface area (Å²) >= 11 is 0. The van der Waals surface area contributed by atoms with Gasteiger partial charge in [0, 0.05) is 26.1 Å². The predicted octanol–water partition coefficient (Wildman–Crippen LogP) is 4.05. The molecule has 1 aromatic heterocycles. The minimum absolute atomic E-state index is 0.0318. The lowest BCUT2D eigenvalue weighted by molar-refractivity contribution is -0.122. The number of carbonyl (C=O) groups is 1. The highest BCUT2D eigenvalue weighted by molar-refractivity contribution is 5.78. The summed E-state index contributed by atoms with van der Waals surface area (Å²) in [6, 6.07) is 8.23. The summed E-state index contributed by atoms with van der Waals surface area (Å²) in [5.74, 6) is 1.59. The van der Waals surface area contributed by atoms with Crippen molar-refractivity contribution in [3.63, 3.8) is 0 Å². The second-order valence-corrected chi connectivity index (χ2v) is 8.30. The molecule has 0 unspecified atom stereocenters. The van der Waals surface area contributed by atoms with Gasteiger partial charge in [0.05, 0.1) is 11.0 Å². The monoisotopic (exact) mass is 344 g/mol. The molecule has 0 radical (unpaired) electrons. The lowest BCUT2D eigenvalue weighted by Crippen LogP contribution is -2.29. The quantitative estimate of drug-likeness (QED) is 0.710. The van der Waals surface area contributed by atoms with E-state index < -0.39 is 0 Å². The number of amides is 1. The van der Waals surface area contributed by atoms with Crippen LogP contribution in [0.1, 0.15) is 47.5 Å². The molecule has 5 nitrogen and oxygen atoms in total. The van der Waals surface area contributed by atoms with Crippen molar-refractivity contribution in [2.45, 2.75) is 54.0 Å². The van der Waals surface area contributed by atoms with E-state index >= 15 is 0 Å². The van der Waals surface area contributed by atoms with Gasteiger partial charge in [0.1, 0.15) is 0 Å². The van der Waals surface area contributed by atoms with Crippen molar-refractivity contribution in [2.75, 3.05) is 18.4 Å². The van der Waals surface area contributed by atoms with Crippen LogP contribution in [-0.2, 0) is 11.3 Å². The minimum atomic E-state index is 0.0318. The van der Waals surface area contributed by atoms with Gasteiger partial charge >= 0.3 is 0 Å². The molecule has 2 aromatic rings. The number of imidazole rings is 1. The first-order chi connectivity index (χ1) is 11.8. The number of nitrogens with zero attached hydrogens (tertiary/aromatic N) is 2. The van der Waals surface area contributed by atoms with Gasteiger partial charge in [0.2, 0.25) is 11.9 Å². The van der Waals surface area contributed by atoms with Crippen molar-refractivity contribution in [3.8, 4) is 0 Å². The first kappa shape index (κ1) is 19.3. The Balaban J connectivity index is 1.87. The second kappa shape index (κ2) is 8.37. The molecule has 0 saturated heterocycles. The number of fused-ring (bicyclic) bond motifs is 1. The van der Waals surface area contributed by atoms with Gasteiger partial charge in [-0.1, -0.05) is 46.8 Å². The van der Waals surface area contributed by atoms with Crippen molar-refractivity contribution in [3.05, 3.63) is 24.3 Å². The number of para-hydroxylation sites is 2. The Morgan fingerprint density at radius 2 is 1.92 bits per heavy atom. The number of rotatable bonds is 8. The molecule has 0 bridgehead atoms. The molecular formula is C20H32N4O. The molecule has 0 aliphatic heterocycles. The maximum Gasteiger partial charge on any atom is 0.220 e. The standard InChI is InChI=1S/C20H32N4O/c1-15(2)14-24-17-10-7-6-9-16(17)23-19(24)22-12-8-11-21-18(25)13-20(3,4)5/h6-7,9-10,15H,8,11-14H2,1-5H3,(H,21,25)(H,22,23). The van der Waals surface area contributed by atoms with Crippen LogP contribution < -0.4 is 10.6 Å². The number of benzene rings is 1. The average Bonchev–Trinajstić information content (AvgIpc) is 2.82. The third kappa shape index (κ3) is 6.07. The number of hydrogen-bond acceptors (Lipinski definition) is 3. The van der Waals surface area contributed by atoms with E-state index in [2.05, 4.69) is 62.0 Å². The van der Waals surface area contributed by atoms with E-state index in [0.29, 0.717) is 18.9 Å². The van der Waals surface area contributed by atoms with E-state index in [9.17, 15) is 4.79 Å². The van der Waals surface area contributed by atoms with Gasteiger partial charge in [-0.05, 0) is 29.9 Å². The van der Waals surface area contributed by atoms with Gasteiger partial charge in [-0.25, -0.2) is 4.98 Å². The molecule has 0 aliphatic rings. The Morgan fingerprint density at radius 1 is 1.20 bits per heavy atom. The number of nitrogens with one attached hydrogen (secondary N) is 2. The van der Waals surface area contributed by atoms with Crippen LogP contribution in [-0.4, -0.2) is 28.5 Å². The molecule has 0 saturated carbocycles.